The maximum Gasteiger partial charge on any atom is 0.222 e. The second kappa shape index (κ2) is 10.3. The Morgan fingerprint density at radius 2 is 1.59 bits per heavy atom. The van der Waals surface area contributed by atoms with Crippen LogP contribution >= 0.6 is 0 Å². The van der Waals surface area contributed by atoms with E-state index in [1.807, 2.05) is 6.07 Å². The molecule has 2 aromatic carbocycles. The molecule has 0 bridgehead atoms. The summed E-state index contributed by atoms with van der Waals surface area (Å²) in [5, 5.41) is 0. The summed E-state index contributed by atoms with van der Waals surface area (Å²) in [7, 11) is 1.66. The predicted molar refractivity (Wildman–Crippen MR) is 120 cm³/mol. The largest absolute Gasteiger partial charge is 0.341 e. The molecule has 166 valence electrons. The summed E-state index contributed by atoms with van der Waals surface area (Å²) >= 11 is 0. The first-order valence-electron chi connectivity index (χ1n) is 10.6. The molecule has 0 aliphatic rings. The smallest absolute Gasteiger partial charge is 0.222 e. The maximum absolute atomic E-state index is 14.6. The standard InChI is InChI=1S/C26H26F2N2O2/c1-4-26(32)30(3)16-22-10-9-21(15-23(22)27)19-5-7-20(8-6-19)24(31)13-11-18-12-14-25(28)29-17(18)2/h5-10,12,14-15H,4,11,13,16H2,1-3H3. The molecule has 0 fully saturated rings. The van der Waals surface area contributed by atoms with Gasteiger partial charge in [0.15, 0.2) is 5.78 Å². The van der Waals surface area contributed by atoms with Gasteiger partial charge in [-0.05, 0) is 42.2 Å². The third-order valence-corrected chi connectivity index (χ3v) is 5.51. The molecule has 3 aromatic rings. The van der Waals surface area contributed by atoms with Crippen molar-refractivity contribution in [2.45, 2.75) is 39.7 Å². The zero-order chi connectivity index (χ0) is 23.3. The molecule has 6 heteroatoms. The van der Waals surface area contributed by atoms with Gasteiger partial charge in [-0.2, -0.15) is 4.39 Å². The number of nitrogens with zero attached hydrogens (tertiary/aromatic N) is 2. The first-order chi connectivity index (χ1) is 15.3. The van der Waals surface area contributed by atoms with E-state index >= 15 is 0 Å². The molecule has 1 amide bonds. The quantitative estimate of drug-likeness (QED) is 0.345. The van der Waals surface area contributed by atoms with Crippen molar-refractivity contribution in [3.63, 3.8) is 0 Å². The fourth-order valence-electron chi connectivity index (χ4n) is 3.53. The molecule has 1 aromatic heterocycles. The Balaban J connectivity index is 1.66. The number of aryl methyl sites for hydroxylation is 2. The van der Waals surface area contributed by atoms with Crippen molar-refractivity contribution in [1.29, 1.82) is 0 Å². The van der Waals surface area contributed by atoms with Crippen LogP contribution in [0.1, 0.15) is 46.9 Å². The normalized spacial score (nSPS) is 10.8. The number of pyridine rings is 1. The molecule has 0 aliphatic heterocycles. The van der Waals surface area contributed by atoms with Gasteiger partial charge in [0.1, 0.15) is 5.82 Å². The summed E-state index contributed by atoms with van der Waals surface area (Å²) in [6.07, 6.45) is 1.16. The number of Topliss-reactive ketones (excluding diaryl/α,β-unsaturated/α-hetero) is 1. The number of hydrogen-bond donors (Lipinski definition) is 0. The second-order valence-electron chi connectivity index (χ2n) is 7.79. The first kappa shape index (κ1) is 23.3. The third-order valence-electron chi connectivity index (χ3n) is 5.51. The van der Waals surface area contributed by atoms with E-state index in [1.165, 1.54) is 17.0 Å². The highest BCUT2D eigenvalue weighted by molar-refractivity contribution is 5.96. The number of ketones is 1. The van der Waals surface area contributed by atoms with E-state index in [-0.39, 0.29) is 24.1 Å². The van der Waals surface area contributed by atoms with Crippen LogP contribution in [0.4, 0.5) is 8.78 Å². The van der Waals surface area contributed by atoms with Crippen molar-refractivity contribution < 1.29 is 18.4 Å². The van der Waals surface area contributed by atoms with E-state index in [1.54, 1.807) is 57.3 Å². The predicted octanol–water partition coefficient (Wildman–Crippen LogP) is 5.52. The van der Waals surface area contributed by atoms with Crippen LogP contribution < -0.4 is 0 Å². The molecular formula is C26H26F2N2O2. The van der Waals surface area contributed by atoms with E-state index in [2.05, 4.69) is 4.98 Å². The number of amides is 1. The van der Waals surface area contributed by atoms with E-state index in [0.29, 0.717) is 41.6 Å². The number of hydrogen-bond acceptors (Lipinski definition) is 3. The van der Waals surface area contributed by atoms with Gasteiger partial charge in [-0.3, -0.25) is 9.59 Å². The Kier molecular flexibility index (Phi) is 7.46. The van der Waals surface area contributed by atoms with Gasteiger partial charge in [0.25, 0.3) is 0 Å². The summed E-state index contributed by atoms with van der Waals surface area (Å²) in [4.78, 5) is 29.5. The van der Waals surface area contributed by atoms with Gasteiger partial charge in [-0.25, -0.2) is 9.37 Å². The van der Waals surface area contributed by atoms with Crippen LogP contribution in [0, 0.1) is 18.7 Å². The highest BCUT2D eigenvalue weighted by Gasteiger charge is 2.12. The highest BCUT2D eigenvalue weighted by Crippen LogP contribution is 2.24. The van der Waals surface area contributed by atoms with E-state index in [9.17, 15) is 18.4 Å². The van der Waals surface area contributed by atoms with Gasteiger partial charge in [-0.1, -0.05) is 49.4 Å². The molecule has 0 saturated heterocycles. The molecule has 32 heavy (non-hydrogen) atoms. The molecule has 0 spiro atoms. The zero-order valence-electron chi connectivity index (χ0n) is 18.5. The first-order valence-corrected chi connectivity index (χ1v) is 10.6. The molecule has 0 aliphatic carbocycles. The molecule has 4 nitrogen and oxygen atoms in total. The molecular weight excluding hydrogens is 410 g/mol. The van der Waals surface area contributed by atoms with Crippen molar-refractivity contribution in [3.8, 4) is 11.1 Å². The van der Waals surface area contributed by atoms with Crippen molar-refractivity contribution in [2.75, 3.05) is 7.05 Å². The van der Waals surface area contributed by atoms with Crippen LogP contribution in [0.3, 0.4) is 0 Å². The molecule has 0 unspecified atom stereocenters. The minimum Gasteiger partial charge on any atom is -0.341 e. The summed E-state index contributed by atoms with van der Waals surface area (Å²) in [5.41, 5.74) is 3.95. The minimum absolute atomic E-state index is 0.0227. The molecule has 0 atom stereocenters. The fourth-order valence-corrected chi connectivity index (χ4v) is 3.53. The van der Waals surface area contributed by atoms with Gasteiger partial charge in [-0.15, -0.1) is 0 Å². The van der Waals surface area contributed by atoms with Crippen LogP contribution in [-0.2, 0) is 17.8 Å². The lowest BCUT2D eigenvalue weighted by molar-refractivity contribution is -0.130. The molecule has 0 saturated carbocycles. The zero-order valence-corrected chi connectivity index (χ0v) is 18.5. The van der Waals surface area contributed by atoms with Crippen molar-refractivity contribution in [1.82, 2.24) is 9.88 Å². The molecule has 0 radical (unpaired) electrons. The topological polar surface area (TPSA) is 50.3 Å². The summed E-state index contributed by atoms with van der Waals surface area (Å²) in [5.74, 6) is -0.967. The molecule has 0 N–H and O–H groups in total. The number of carbonyl (C=O) groups is 2. The van der Waals surface area contributed by atoms with Crippen molar-refractivity contribution in [3.05, 3.63) is 88.7 Å². The second-order valence-corrected chi connectivity index (χ2v) is 7.79. The van der Waals surface area contributed by atoms with Crippen LogP contribution in [0.25, 0.3) is 11.1 Å². The Labute approximate surface area is 186 Å². The molecule has 3 rings (SSSR count). The third kappa shape index (κ3) is 5.63. The van der Waals surface area contributed by atoms with Gasteiger partial charge in [0.05, 0.1) is 0 Å². The van der Waals surface area contributed by atoms with Crippen LogP contribution in [0.5, 0.6) is 0 Å². The summed E-state index contributed by atoms with van der Waals surface area (Å²) in [6.45, 7) is 3.71. The van der Waals surface area contributed by atoms with Gasteiger partial charge < -0.3 is 4.90 Å². The Morgan fingerprint density at radius 1 is 0.938 bits per heavy atom. The average molecular weight is 437 g/mol. The number of benzene rings is 2. The van der Waals surface area contributed by atoms with Crippen LogP contribution in [0.2, 0.25) is 0 Å². The Hall–Kier alpha value is -3.41. The van der Waals surface area contributed by atoms with Gasteiger partial charge >= 0.3 is 0 Å². The number of halogens is 2. The van der Waals surface area contributed by atoms with Crippen molar-refractivity contribution >= 4 is 11.7 Å². The SMILES string of the molecule is CCC(=O)N(C)Cc1ccc(-c2ccc(C(=O)CCc3ccc(F)nc3C)cc2)cc1F. The minimum atomic E-state index is -0.529. The lowest BCUT2D eigenvalue weighted by Crippen LogP contribution is -2.25. The monoisotopic (exact) mass is 436 g/mol. The van der Waals surface area contributed by atoms with Crippen LogP contribution in [0.15, 0.2) is 54.6 Å². The summed E-state index contributed by atoms with van der Waals surface area (Å²) in [6, 6.07) is 14.9. The van der Waals surface area contributed by atoms with E-state index in [0.717, 1.165) is 11.1 Å². The van der Waals surface area contributed by atoms with Crippen molar-refractivity contribution in [2.24, 2.45) is 0 Å². The number of aromatic nitrogens is 1. The van der Waals surface area contributed by atoms with E-state index < -0.39 is 5.95 Å². The Morgan fingerprint density at radius 3 is 2.22 bits per heavy atom. The van der Waals surface area contributed by atoms with Gasteiger partial charge in [0, 0.05) is 43.3 Å². The fraction of sp³-hybridized carbons (Fsp3) is 0.269. The lowest BCUT2D eigenvalue weighted by atomic mass is 9.98. The Bertz CT molecular complexity index is 1130. The summed E-state index contributed by atoms with van der Waals surface area (Å²) < 4.78 is 27.7. The van der Waals surface area contributed by atoms with Crippen LogP contribution in [-0.4, -0.2) is 28.6 Å². The van der Waals surface area contributed by atoms with E-state index in [4.69, 9.17) is 0 Å². The van der Waals surface area contributed by atoms with Gasteiger partial charge in [0.2, 0.25) is 11.9 Å². The number of rotatable bonds is 8. The molecule has 1 heterocycles. The lowest BCUT2D eigenvalue weighted by Gasteiger charge is -2.17. The highest BCUT2D eigenvalue weighted by atomic mass is 19.1. The number of carbonyl (C=O) groups excluding carboxylic acids is 2. The maximum atomic E-state index is 14.6. The average Bonchev–Trinajstić information content (AvgIpc) is 2.79.